The first kappa shape index (κ1) is 14.3. The molecule has 2 aromatic rings. The molecule has 1 fully saturated rings. The summed E-state index contributed by atoms with van der Waals surface area (Å²) in [4.78, 5) is 0. The number of nitrogens with zero attached hydrogens (tertiary/aromatic N) is 2. The van der Waals surface area contributed by atoms with E-state index in [1.165, 1.54) is 0 Å². The molecule has 0 spiro atoms. The van der Waals surface area contributed by atoms with Gasteiger partial charge in [0.05, 0.1) is 33.1 Å². The summed E-state index contributed by atoms with van der Waals surface area (Å²) in [5.74, 6) is 0. The molecule has 4 nitrogen and oxygen atoms in total. The van der Waals surface area contributed by atoms with E-state index in [2.05, 4.69) is 27.9 Å². The molecule has 1 aromatic heterocycles. The highest BCUT2D eigenvalue weighted by Gasteiger charge is 2.29. The summed E-state index contributed by atoms with van der Waals surface area (Å²) in [7, 11) is 0. The highest BCUT2D eigenvalue weighted by atomic mass is 35.5. The molecule has 3 rings (SSSR count). The zero-order valence-corrected chi connectivity index (χ0v) is 13.6. The van der Waals surface area contributed by atoms with Gasteiger partial charge >= 0.3 is 0 Å². The molecule has 1 aliphatic heterocycles. The Hall–Kier alpha value is -0.620. The van der Waals surface area contributed by atoms with Gasteiger partial charge in [-0.25, -0.2) is 0 Å². The summed E-state index contributed by atoms with van der Waals surface area (Å²) < 4.78 is 14.3. The molecular formula is C13H15Cl2N3OS. The highest BCUT2D eigenvalue weighted by Crippen LogP contribution is 2.37. The molecule has 1 aromatic carbocycles. The SMILES string of the molecule is CC1(C)CC(Nc2c(Cl)cc(Cl)c3nsnc23)CCO1. The van der Waals surface area contributed by atoms with Crippen molar-refractivity contribution in [1.82, 2.24) is 8.75 Å². The van der Waals surface area contributed by atoms with E-state index < -0.39 is 0 Å². The lowest BCUT2D eigenvalue weighted by Crippen LogP contribution is -2.40. The number of anilines is 1. The normalized spacial score (nSPS) is 22.1. The fourth-order valence-corrected chi connectivity index (χ4v) is 3.74. The molecule has 1 unspecified atom stereocenters. The van der Waals surface area contributed by atoms with E-state index in [4.69, 9.17) is 27.9 Å². The number of nitrogens with one attached hydrogen (secondary N) is 1. The molecule has 1 aliphatic rings. The third kappa shape index (κ3) is 2.72. The standard InChI is InChI=1S/C13H15Cl2N3OS/c1-13(2)6-7(3-4-19-13)16-10-8(14)5-9(15)11-12(10)18-20-17-11/h5,7,16H,3-4,6H2,1-2H3. The van der Waals surface area contributed by atoms with E-state index in [1.807, 2.05) is 0 Å². The first-order valence-corrected chi connectivity index (χ1v) is 7.96. The van der Waals surface area contributed by atoms with Gasteiger partial charge in [0.2, 0.25) is 0 Å². The molecule has 1 saturated heterocycles. The maximum atomic E-state index is 6.31. The zero-order valence-electron chi connectivity index (χ0n) is 11.2. The Morgan fingerprint density at radius 1 is 1.30 bits per heavy atom. The average Bonchev–Trinajstić information content (AvgIpc) is 2.82. The van der Waals surface area contributed by atoms with Crippen molar-refractivity contribution in [3.63, 3.8) is 0 Å². The number of fused-ring (bicyclic) bond motifs is 1. The van der Waals surface area contributed by atoms with Crippen LogP contribution in [0.5, 0.6) is 0 Å². The third-order valence-electron chi connectivity index (χ3n) is 3.49. The Labute approximate surface area is 131 Å². The fourth-order valence-electron chi connectivity index (χ4n) is 2.57. The van der Waals surface area contributed by atoms with Crippen molar-refractivity contribution in [3.05, 3.63) is 16.1 Å². The number of benzene rings is 1. The lowest BCUT2D eigenvalue weighted by Gasteiger charge is -2.36. The van der Waals surface area contributed by atoms with Gasteiger partial charge in [-0.05, 0) is 32.8 Å². The van der Waals surface area contributed by atoms with Crippen LogP contribution >= 0.6 is 34.9 Å². The minimum atomic E-state index is -0.117. The van der Waals surface area contributed by atoms with Gasteiger partial charge in [-0.15, -0.1) is 0 Å². The zero-order chi connectivity index (χ0) is 14.3. The minimum absolute atomic E-state index is 0.117. The van der Waals surface area contributed by atoms with Gasteiger partial charge < -0.3 is 10.1 Å². The molecule has 0 radical (unpaired) electrons. The Balaban J connectivity index is 1.93. The lowest BCUT2D eigenvalue weighted by molar-refractivity contribution is -0.0553. The van der Waals surface area contributed by atoms with Crippen LogP contribution in [0.15, 0.2) is 6.07 Å². The molecule has 1 atom stereocenters. The first-order chi connectivity index (χ1) is 9.46. The molecule has 0 aliphatic carbocycles. The van der Waals surface area contributed by atoms with E-state index in [0.717, 1.165) is 42.4 Å². The molecule has 7 heteroatoms. The number of rotatable bonds is 2. The van der Waals surface area contributed by atoms with Gasteiger partial charge in [-0.2, -0.15) is 8.75 Å². The van der Waals surface area contributed by atoms with Gasteiger partial charge in [0, 0.05) is 12.6 Å². The summed E-state index contributed by atoms with van der Waals surface area (Å²) in [6.45, 7) is 4.95. The second kappa shape index (κ2) is 5.30. The maximum Gasteiger partial charge on any atom is 0.130 e. The van der Waals surface area contributed by atoms with Gasteiger partial charge in [-0.1, -0.05) is 23.2 Å². The molecule has 0 saturated carbocycles. The van der Waals surface area contributed by atoms with Crippen molar-refractivity contribution in [3.8, 4) is 0 Å². The van der Waals surface area contributed by atoms with Crippen LogP contribution < -0.4 is 5.32 Å². The first-order valence-electron chi connectivity index (χ1n) is 6.47. The largest absolute Gasteiger partial charge is 0.379 e. The van der Waals surface area contributed by atoms with Gasteiger partial charge in [-0.3, -0.25) is 0 Å². The van der Waals surface area contributed by atoms with Crippen molar-refractivity contribution >= 4 is 51.7 Å². The molecule has 0 amide bonds. The number of halogens is 2. The highest BCUT2D eigenvalue weighted by molar-refractivity contribution is 7.00. The number of hydrogen-bond donors (Lipinski definition) is 1. The predicted molar refractivity (Wildman–Crippen MR) is 84.1 cm³/mol. The number of ether oxygens (including phenoxy) is 1. The van der Waals surface area contributed by atoms with Crippen molar-refractivity contribution < 1.29 is 4.74 Å². The van der Waals surface area contributed by atoms with Crippen LogP contribution in [0.3, 0.4) is 0 Å². The van der Waals surface area contributed by atoms with E-state index >= 15 is 0 Å². The molecular weight excluding hydrogens is 317 g/mol. The van der Waals surface area contributed by atoms with Crippen molar-refractivity contribution in [2.75, 3.05) is 11.9 Å². The fraction of sp³-hybridized carbons (Fsp3) is 0.538. The Morgan fingerprint density at radius 2 is 2.05 bits per heavy atom. The Morgan fingerprint density at radius 3 is 2.80 bits per heavy atom. The molecule has 108 valence electrons. The van der Waals surface area contributed by atoms with Crippen LogP contribution in [0.1, 0.15) is 26.7 Å². The van der Waals surface area contributed by atoms with Crippen LogP contribution in [0.4, 0.5) is 5.69 Å². The van der Waals surface area contributed by atoms with Crippen LogP contribution in [-0.4, -0.2) is 27.0 Å². The second-order valence-electron chi connectivity index (χ2n) is 5.62. The summed E-state index contributed by atoms with van der Waals surface area (Å²) in [5, 5.41) is 4.62. The van der Waals surface area contributed by atoms with Crippen molar-refractivity contribution in [2.24, 2.45) is 0 Å². The van der Waals surface area contributed by atoms with E-state index in [-0.39, 0.29) is 5.60 Å². The predicted octanol–water partition coefficient (Wildman–Crippen LogP) is 4.37. The van der Waals surface area contributed by atoms with Crippen molar-refractivity contribution in [2.45, 2.75) is 38.3 Å². The van der Waals surface area contributed by atoms with Gasteiger partial charge in [0.15, 0.2) is 0 Å². The van der Waals surface area contributed by atoms with E-state index in [0.29, 0.717) is 21.6 Å². The number of hydrogen-bond acceptors (Lipinski definition) is 5. The van der Waals surface area contributed by atoms with Crippen LogP contribution in [0, 0.1) is 0 Å². The summed E-state index contributed by atoms with van der Waals surface area (Å²) in [5.41, 5.74) is 2.16. The second-order valence-corrected chi connectivity index (χ2v) is 6.96. The van der Waals surface area contributed by atoms with Gasteiger partial charge in [0.25, 0.3) is 0 Å². The minimum Gasteiger partial charge on any atom is -0.379 e. The van der Waals surface area contributed by atoms with Gasteiger partial charge in [0.1, 0.15) is 11.0 Å². The smallest absolute Gasteiger partial charge is 0.130 e. The van der Waals surface area contributed by atoms with E-state index in [9.17, 15) is 0 Å². The topological polar surface area (TPSA) is 47.0 Å². The lowest BCUT2D eigenvalue weighted by atomic mass is 9.94. The Kier molecular flexibility index (Phi) is 3.79. The quantitative estimate of drug-likeness (QED) is 0.887. The maximum absolute atomic E-state index is 6.31. The Bertz CT molecular complexity index is 644. The summed E-state index contributed by atoms with van der Waals surface area (Å²) >= 11 is 13.6. The van der Waals surface area contributed by atoms with Crippen LogP contribution in [0.25, 0.3) is 11.0 Å². The monoisotopic (exact) mass is 331 g/mol. The van der Waals surface area contributed by atoms with E-state index in [1.54, 1.807) is 6.07 Å². The van der Waals surface area contributed by atoms with Crippen LogP contribution in [0.2, 0.25) is 10.0 Å². The molecule has 0 bridgehead atoms. The third-order valence-corrected chi connectivity index (χ3v) is 4.60. The summed E-state index contributed by atoms with van der Waals surface area (Å²) in [6.07, 6.45) is 1.87. The van der Waals surface area contributed by atoms with Crippen molar-refractivity contribution in [1.29, 1.82) is 0 Å². The molecule has 2 heterocycles. The molecule has 20 heavy (non-hydrogen) atoms. The average molecular weight is 332 g/mol. The molecule has 1 N–H and O–H groups in total. The van der Waals surface area contributed by atoms with Crippen LogP contribution in [-0.2, 0) is 4.74 Å². The summed E-state index contributed by atoms with van der Waals surface area (Å²) in [6, 6.07) is 2.03. The number of aromatic nitrogens is 2.